The normalized spacial score (nSPS) is 15.0. The lowest BCUT2D eigenvalue weighted by Gasteiger charge is -2.32. The van der Waals surface area contributed by atoms with E-state index in [0.29, 0.717) is 37.1 Å². The summed E-state index contributed by atoms with van der Waals surface area (Å²) in [7, 11) is 0. The number of carbonyl (C=O) groups excluding carboxylic acids is 2. The Morgan fingerprint density at radius 2 is 1.59 bits per heavy atom. The number of likely N-dealkylation sites (tertiary alicyclic amines) is 1. The number of ketones is 1. The standard InChI is InChI=1S/C19H25N3O5.C2HF3O2/c1-12(18(26)13-2-4-14(5-3-13)19(20)21)10-16(23)22-8-6-15(7-9-22)27-11-17(24)25;3-2(4,5)1(6)7/h2-5,12,15H,6-11H2,1H3,(H3,20,21)(H,24,25);(H,6,7). The van der Waals surface area contributed by atoms with Crippen molar-refractivity contribution in [3.63, 3.8) is 0 Å². The van der Waals surface area contributed by atoms with E-state index in [1.165, 1.54) is 0 Å². The molecule has 0 aliphatic carbocycles. The van der Waals surface area contributed by atoms with Crippen LogP contribution in [0, 0.1) is 11.3 Å². The summed E-state index contributed by atoms with van der Waals surface area (Å²) in [6.45, 7) is 2.39. The highest BCUT2D eigenvalue weighted by Crippen LogP contribution is 2.18. The number of aliphatic carboxylic acids is 2. The zero-order valence-electron chi connectivity index (χ0n) is 18.3. The molecule has 1 saturated heterocycles. The maximum atomic E-state index is 12.5. The summed E-state index contributed by atoms with van der Waals surface area (Å²) in [5.41, 5.74) is 6.43. The summed E-state index contributed by atoms with van der Waals surface area (Å²) < 4.78 is 37.0. The van der Waals surface area contributed by atoms with E-state index in [9.17, 15) is 27.6 Å². The second-order valence-electron chi connectivity index (χ2n) is 7.55. The Hall–Kier alpha value is -3.48. The van der Waals surface area contributed by atoms with Crippen LogP contribution in [0.4, 0.5) is 13.2 Å². The molecule has 1 aliphatic heterocycles. The zero-order chi connectivity index (χ0) is 26.1. The van der Waals surface area contributed by atoms with Crippen LogP contribution in [-0.4, -0.2) is 76.6 Å². The molecule has 2 rings (SSSR count). The molecule has 5 N–H and O–H groups in total. The number of benzene rings is 1. The maximum absolute atomic E-state index is 12.5. The second kappa shape index (κ2) is 12.7. The predicted molar refractivity (Wildman–Crippen MR) is 112 cm³/mol. The van der Waals surface area contributed by atoms with Gasteiger partial charge in [0.25, 0.3) is 0 Å². The monoisotopic (exact) mass is 489 g/mol. The summed E-state index contributed by atoms with van der Waals surface area (Å²) in [4.78, 5) is 46.1. The van der Waals surface area contributed by atoms with Gasteiger partial charge in [0.15, 0.2) is 5.78 Å². The first-order chi connectivity index (χ1) is 15.7. The van der Waals surface area contributed by atoms with E-state index in [-0.39, 0.29) is 36.7 Å². The SMILES string of the molecule is CC(CC(=O)N1CCC(OCC(=O)O)CC1)C(=O)c1ccc(C(=N)N)cc1.O=C(O)C(F)(F)F. The number of carbonyl (C=O) groups is 4. The van der Waals surface area contributed by atoms with Crippen molar-refractivity contribution in [1.82, 2.24) is 4.90 Å². The number of piperidine rings is 1. The Bertz CT molecular complexity index is 896. The number of rotatable bonds is 8. The summed E-state index contributed by atoms with van der Waals surface area (Å²) in [5, 5.41) is 23.1. The second-order valence-corrected chi connectivity index (χ2v) is 7.55. The van der Waals surface area contributed by atoms with Crippen molar-refractivity contribution in [2.24, 2.45) is 11.7 Å². The first-order valence-corrected chi connectivity index (χ1v) is 10.1. The fourth-order valence-electron chi connectivity index (χ4n) is 3.04. The molecule has 0 radical (unpaired) electrons. The molecule has 1 unspecified atom stereocenters. The number of Topliss-reactive ketones (excluding diaryl/α,β-unsaturated/α-hetero) is 1. The van der Waals surface area contributed by atoms with Crippen LogP contribution in [-0.2, 0) is 19.1 Å². The van der Waals surface area contributed by atoms with Crippen molar-refractivity contribution in [2.45, 2.75) is 38.5 Å². The van der Waals surface area contributed by atoms with Gasteiger partial charge in [0.1, 0.15) is 12.4 Å². The number of carboxylic acid groups (broad SMARTS) is 2. The van der Waals surface area contributed by atoms with Crippen LogP contribution in [0.2, 0.25) is 0 Å². The maximum Gasteiger partial charge on any atom is 0.490 e. The van der Waals surface area contributed by atoms with Crippen LogP contribution >= 0.6 is 0 Å². The number of nitrogens with two attached hydrogens (primary N) is 1. The van der Waals surface area contributed by atoms with Crippen molar-refractivity contribution >= 4 is 29.5 Å². The number of carboxylic acids is 2. The molecule has 0 spiro atoms. The molecule has 10 nitrogen and oxygen atoms in total. The Labute approximate surface area is 193 Å². The van der Waals surface area contributed by atoms with Gasteiger partial charge in [0.05, 0.1) is 6.10 Å². The van der Waals surface area contributed by atoms with Gasteiger partial charge in [-0.15, -0.1) is 0 Å². The molecule has 1 aliphatic rings. The number of hydrogen-bond acceptors (Lipinski definition) is 6. The molecule has 34 heavy (non-hydrogen) atoms. The zero-order valence-corrected chi connectivity index (χ0v) is 18.3. The number of ether oxygens (including phenoxy) is 1. The smallest absolute Gasteiger partial charge is 0.480 e. The van der Waals surface area contributed by atoms with Gasteiger partial charge in [0, 0.05) is 36.6 Å². The molecular formula is C21H26F3N3O7. The minimum atomic E-state index is -5.08. The van der Waals surface area contributed by atoms with Crippen molar-refractivity contribution < 1.29 is 47.3 Å². The summed E-state index contributed by atoms with van der Waals surface area (Å²) >= 11 is 0. The Kier molecular flexibility index (Phi) is 10.6. The molecule has 13 heteroatoms. The fraction of sp³-hybridized carbons (Fsp3) is 0.476. The van der Waals surface area contributed by atoms with Crippen molar-refractivity contribution in [3.8, 4) is 0 Å². The largest absolute Gasteiger partial charge is 0.490 e. The average Bonchev–Trinajstić information content (AvgIpc) is 2.77. The minimum Gasteiger partial charge on any atom is -0.480 e. The highest BCUT2D eigenvalue weighted by atomic mass is 19.4. The minimum absolute atomic E-state index is 0.0621. The Morgan fingerprint density at radius 3 is 2.00 bits per heavy atom. The lowest BCUT2D eigenvalue weighted by atomic mass is 9.94. The van der Waals surface area contributed by atoms with Crippen molar-refractivity contribution in [2.75, 3.05) is 19.7 Å². The summed E-state index contributed by atoms with van der Waals surface area (Å²) in [5.74, 6) is -4.50. The van der Waals surface area contributed by atoms with Gasteiger partial charge in [0.2, 0.25) is 5.91 Å². The lowest BCUT2D eigenvalue weighted by molar-refractivity contribution is -0.192. The third-order valence-corrected chi connectivity index (χ3v) is 4.89. The van der Waals surface area contributed by atoms with Crippen LogP contribution in [0.1, 0.15) is 42.1 Å². The third-order valence-electron chi connectivity index (χ3n) is 4.89. The van der Waals surface area contributed by atoms with Crippen molar-refractivity contribution in [3.05, 3.63) is 35.4 Å². The van der Waals surface area contributed by atoms with Crippen LogP contribution < -0.4 is 5.73 Å². The van der Waals surface area contributed by atoms with Gasteiger partial charge in [-0.1, -0.05) is 31.2 Å². The Morgan fingerprint density at radius 1 is 1.12 bits per heavy atom. The number of nitrogen functional groups attached to an aromatic ring is 1. The van der Waals surface area contributed by atoms with Gasteiger partial charge in [-0.2, -0.15) is 13.2 Å². The third kappa shape index (κ3) is 9.57. The average molecular weight is 489 g/mol. The number of hydrogen-bond donors (Lipinski definition) is 4. The number of nitrogens with one attached hydrogen (secondary N) is 1. The van der Waals surface area contributed by atoms with Crippen LogP contribution in [0.5, 0.6) is 0 Å². The van der Waals surface area contributed by atoms with E-state index in [2.05, 4.69) is 0 Å². The topological polar surface area (TPSA) is 171 Å². The van der Waals surface area contributed by atoms with Crippen LogP contribution in [0.15, 0.2) is 24.3 Å². The van der Waals surface area contributed by atoms with E-state index in [4.69, 9.17) is 30.9 Å². The molecule has 0 bridgehead atoms. The van der Waals surface area contributed by atoms with Crippen LogP contribution in [0.3, 0.4) is 0 Å². The van der Waals surface area contributed by atoms with Gasteiger partial charge in [-0.05, 0) is 12.8 Å². The van der Waals surface area contributed by atoms with Gasteiger partial charge in [-0.3, -0.25) is 15.0 Å². The molecule has 1 fully saturated rings. The highest BCUT2D eigenvalue weighted by Gasteiger charge is 2.38. The first-order valence-electron chi connectivity index (χ1n) is 10.1. The summed E-state index contributed by atoms with van der Waals surface area (Å²) in [6, 6.07) is 6.47. The van der Waals surface area contributed by atoms with Gasteiger partial charge >= 0.3 is 18.1 Å². The van der Waals surface area contributed by atoms with E-state index in [1.807, 2.05) is 0 Å². The molecule has 1 aromatic rings. The molecule has 188 valence electrons. The molecule has 0 saturated carbocycles. The van der Waals surface area contributed by atoms with Crippen LogP contribution in [0.25, 0.3) is 0 Å². The lowest BCUT2D eigenvalue weighted by Crippen LogP contribution is -2.42. The van der Waals surface area contributed by atoms with Gasteiger partial charge in [-0.25, -0.2) is 9.59 Å². The molecule has 0 aromatic heterocycles. The van der Waals surface area contributed by atoms with E-state index in [1.54, 1.807) is 36.1 Å². The number of halogens is 3. The summed E-state index contributed by atoms with van der Waals surface area (Å²) in [6.07, 6.45) is -3.93. The number of nitrogens with zero attached hydrogens (tertiary/aromatic N) is 1. The molecule has 1 aromatic carbocycles. The number of amides is 1. The van der Waals surface area contributed by atoms with E-state index >= 15 is 0 Å². The predicted octanol–water partition coefficient (Wildman–Crippen LogP) is 1.91. The number of amidine groups is 1. The van der Waals surface area contributed by atoms with Gasteiger partial charge < -0.3 is 25.6 Å². The fourth-order valence-corrected chi connectivity index (χ4v) is 3.04. The van der Waals surface area contributed by atoms with Crippen molar-refractivity contribution in [1.29, 1.82) is 5.41 Å². The quantitative estimate of drug-likeness (QED) is 0.244. The highest BCUT2D eigenvalue weighted by molar-refractivity contribution is 6.01. The molecule has 1 atom stereocenters. The number of alkyl halides is 3. The van der Waals surface area contributed by atoms with E-state index < -0.39 is 24.0 Å². The van der Waals surface area contributed by atoms with E-state index in [0.717, 1.165) is 0 Å². The molecular weight excluding hydrogens is 463 g/mol. The Balaban J connectivity index is 0.000000718. The molecule has 1 amide bonds. The molecule has 1 heterocycles. The first kappa shape index (κ1) is 28.6.